The summed E-state index contributed by atoms with van der Waals surface area (Å²) < 4.78 is 7.83. The summed E-state index contributed by atoms with van der Waals surface area (Å²) >= 11 is 0. The second-order valence-electron chi connectivity index (χ2n) is 4.60. The molecule has 0 spiro atoms. The van der Waals surface area contributed by atoms with E-state index in [1.54, 1.807) is 20.2 Å². The van der Waals surface area contributed by atoms with Crippen LogP contribution >= 0.6 is 0 Å². The normalized spacial score (nSPS) is 10.6. The molecule has 0 saturated carbocycles. The number of nitrogens with zero attached hydrogens (tertiary/aromatic N) is 5. The molecule has 2 heterocycles. The summed E-state index contributed by atoms with van der Waals surface area (Å²) in [6.07, 6.45) is 4.62. The van der Waals surface area contributed by atoms with Crippen LogP contribution < -0.4 is 5.32 Å². The Morgan fingerprint density at radius 3 is 2.86 bits per heavy atom. The van der Waals surface area contributed by atoms with Gasteiger partial charge in [0.25, 0.3) is 0 Å². The Bertz CT molecular complexity index is 677. The van der Waals surface area contributed by atoms with Gasteiger partial charge >= 0.3 is 5.69 Å². The van der Waals surface area contributed by atoms with Crippen LogP contribution in [0.1, 0.15) is 12.1 Å². The summed E-state index contributed by atoms with van der Waals surface area (Å²) in [5, 5.41) is 21.4. The average molecular weight is 308 g/mol. The van der Waals surface area contributed by atoms with Crippen molar-refractivity contribution in [1.29, 1.82) is 0 Å². The molecule has 0 radical (unpaired) electrons. The van der Waals surface area contributed by atoms with Crippen molar-refractivity contribution in [3.05, 3.63) is 34.4 Å². The molecule has 1 N–H and O–H groups in total. The highest BCUT2D eigenvalue weighted by Gasteiger charge is 2.15. The van der Waals surface area contributed by atoms with Gasteiger partial charge in [0.15, 0.2) is 0 Å². The lowest BCUT2D eigenvalue weighted by Gasteiger charge is -2.02. The standard InChI is InChI=1S/C12H16N6O4/c1-9-11(18(20)21)7-16(15-9)4-3-12(19)14-10-5-13-17(6-10)8-22-2/h5-7H,3-4,8H2,1-2H3,(H,14,19). The Labute approximate surface area is 125 Å². The lowest BCUT2D eigenvalue weighted by molar-refractivity contribution is -0.385. The van der Waals surface area contributed by atoms with Crippen LogP contribution in [0.25, 0.3) is 0 Å². The van der Waals surface area contributed by atoms with Crippen LogP contribution in [0.3, 0.4) is 0 Å². The van der Waals surface area contributed by atoms with Crippen molar-refractivity contribution in [2.24, 2.45) is 0 Å². The first-order valence-corrected chi connectivity index (χ1v) is 6.49. The molecule has 1 amide bonds. The zero-order valence-electron chi connectivity index (χ0n) is 12.2. The molecule has 2 rings (SSSR count). The van der Waals surface area contributed by atoms with Gasteiger partial charge in [0.05, 0.1) is 23.0 Å². The van der Waals surface area contributed by atoms with Crippen molar-refractivity contribution in [3.63, 3.8) is 0 Å². The van der Waals surface area contributed by atoms with Gasteiger partial charge in [0.1, 0.15) is 18.6 Å². The van der Waals surface area contributed by atoms with Crippen LogP contribution in [0.4, 0.5) is 11.4 Å². The Hall–Kier alpha value is -2.75. The molecule has 2 aromatic rings. The molecule has 118 valence electrons. The third kappa shape index (κ3) is 3.88. The smallest absolute Gasteiger partial charge is 0.309 e. The topological polar surface area (TPSA) is 117 Å². The van der Waals surface area contributed by atoms with Gasteiger partial charge in [-0.3, -0.25) is 19.6 Å². The maximum atomic E-state index is 11.8. The second kappa shape index (κ2) is 6.80. The molecule has 0 saturated heterocycles. The van der Waals surface area contributed by atoms with Crippen molar-refractivity contribution in [2.75, 3.05) is 12.4 Å². The molecular weight excluding hydrogens is 292 g/mol. The molecule has 0 unspecified atom stereocenters. The van der Waals surface area contributed by atoms with Crippen molar-refractivity contribution in [1.82, 2.24) is 19.6 Å². The molecule has 0 aliphatic rings. The fourth-order valence-electron chi connectivity index (χ4n) is 1.87. The maximum absolute atomic E-state index is 11.8. The molecule has 22 heavy (non-hydrogen) atoms. The summed E-state index contributed by atoms with van der Waals surface area (Å²) in [5.41, 5.74) is 0.831. The predicted octanol–water partition coefficient (Wildman–Crippen LogP) is 0.929. The zero-order valence-corrected chi connectivity index (χ0v) is 12.2. The largest absolute Gasteiger partial charge is 0.362 e. The number of rotatable bonds is 7. The quantitative estimate of drug-likeness (QED) is 0.600. The summed E-state index contributed by atoms with van der Waals surface area (Å²) in [4.78, 5) is 22.1. The lowest BCUT2D eigenvalue weighted by atomic mass is 10.4. The number of ether oxygens (including phenoxy) is 1. The number of aromatic nitrogens is 4. The van der Waals surface area contributed by atoms with E-state index in [2.05, 4.69) is 15.5 Å². The molecule has 10 nitrogen and oxygen atoms in total. The van der Waals surface area contributed by atoms with E-state index < -0.39 is 4.92 Å². The minimum Gasteiger partial charge on any atom is -0.362 e. The third-order valence-corrected chi connectivity index (χ3v) is 2.86. The maximum Gasteiger partial charge on any atom is 0.309 e. The number of aryl methyl sites for hydroxylation is 2. The number of carbonyl (C=O) groups is 1. The molecule has 0 aliphatic carbocycles. The van der Waals surface area contributed by atoms with Gasteiger partial charge < -0.3 is 10.1 Å². The Balaban J connectivity index is 1.87. The number of methoxy groups -OCH3 is 1. The van der Waals surface area contributed by atoms with Crippen molar-refractivity contribution < 1.29 is 14.5 Å². The van der Waals surface area contributed by atoms with E-state index in [1.807, 2.05) is 0 Å². The summed E-state index contributed by atoms with van der Waals surface area (Å²) in [7, 11) is 1.55. The van der Waals surface area contributed by atoms with E-state index in [-0.39, 0.29) is 24.6 Å². The Morgan fingerprint density at radius 1 is 1.45 bits per heavy atom. The fraction of sp³-hybridized carbons (Fsp3) is 0.417. The van der Waals surface area contributed by atoms with E-state index >= 15 is 0 Å². The van der Waals surface area contributed by atoms with Crippen molar-refractivity contribution >= 4 is 17.3 Å². The summed E-state index contributed by atoms with van der Waals surface area (Å²) in [6.45, 7) is 2.11. The molecule has 0 aromatic carbocycles. The SMILES string of the molecule is COCn1cc(NC(=O)CCn2cc([N+](=O)[O-])c(C)n2)cn1. The highest BCUT2D eigenvalue weighted by atomic mass is 16.6. The predicted molar refractivity (Wildman–Crippen MR) is 76.1 cm³/mol. The minimum absolute atomic E-state index is 0.0544. The van der Waals surface area contributed by atoms with E-state index in [4.69, 9.17) is 4.74 Å². The highest BCUT2D eigenvalue weighted by molar-refractivity contribution is 5.90. The highest BCUT2D eigenvalue weighted by Crippen LogP contribution is 2.15. The van der Waals surface area contributed by atoms with Gasteiger partial charge in [0, 0.05) is 20.1 Å². The number of anilines is 1. The number of nitro groups is 1. The van der Waals surface area contributed by atoms with Crippen LogP contribution in [0.5, 0.6) is 0 Å². The van der Waals surface area contributed by atoms with E-state index in [0.717, 1.165) is 0 Å². The van der Waals surface area contributed by atoms with Gasteiger partial charge in [-0.1, -0.05) is 0 Å². The molecule has 0 bridgehead atoms. The molecule has 2 aromatic heterocycles. The molecular formula is C12H16N6O4. The summed E-state index contributed by atoms with van der Waals surface area (Å²) in [5.74, 6) is -0.229. The third-order valence-electron chi connectivity index (χ3n) is 2.86. The number of carbonyl (C=O) groups excluding carboxylic acids is 1. The first-order chi connectivity index (χ1) is 10.5. The van der Waals surface area contributed by atoms with Gasteiger partial charge in [-0.05, 0) is 6.92 Å². The van der Waals surface area contributed by atoms with Crippen LogP contribution in [0.2, 0.25) is 0 Å². The van der Waals surface area contributed by atoms with E-state index in [1.165, 1.54) is 21.8 Å². The van der Waals surface area contributed by atoms with Crippen molar-refractivity contribution in [2.45, 2.75) is 26.6 Å². The monoisotopic (exact) mass is 308 g/mol. The Morgan fingerprint density at radius 2 is 2.23 bits per heavy atom. The van der Waals surface area contributed by atoms with Crippen LogP contribution in [0, 0.1) is 17.0 Å². The summed E-state index contributed by atoms with van der Waals surface area (Å²) in [6, 6.07) is 0. The van der Waals surface area contributed by atoms with Gasteiger partial charge in [-0.2, -0.15) is 10.2 Å². The van der Waals surface area contributed by atoms with Crippen LogP contribution in [-0.2, 0) is 22.8 Å². The van der Waals surface area contributed by atoms with Gasteiger partial charge in [-0.15, -0.1) is 0 Å². The zero-order chi connectivity index (χ0) is 16.1. The van der Waals surface area contributed by atoms with E-state index in [9.17, 15) is 14.9 Å². The first-order valence-electron chi connectivity index (χ1n) is 6.49. The van der Waals surface area contributed by atoms with Crippen molar-refractivity contribution in [3.8, 4) is 0 Å². The molecule has 0 atom stereocenters. The first kappa shape index (κ1) is 15.6. The minimum atomic E-state index is -0.497. The van der Waals surface area contributed by atoms with E-state index in [0.29, 0.717) is 18.1 Å². The number of nitrogens with one attached hydrogen (secondary N) is 1. The second-order valence-corrected chi connectivity index (χ2v) is 4.60. The molecule has 0 aliphatic heterocycles. The number of hydrogen-bond acceptors (Lipinski definition) is 6. The number of hydrogen-bond donors (Lipinski definition) is 1. The number of amides is 1. The average Bonchev–Trinajstić information content (AvgIpc) is 3.04. The molecule has 10 heteroatoms. The lowest BCUT2D eigenvalue weighted by Crippen LogP contribution is -2.14. The van der Waals surface area contributed by atoms with Gasteiger partial charge in [0.2, 0.25) is 5.91 Å². The van der Waals surface area contributed by atoms with Crippen LogP contribution in [0.15, 0.2) is 18.6 Å². The van der Waals surface area contributed by atoms with Crippen LogP contribution in [-0.4, -0.2) is 37.5 Å². The van der Waals surface area contributed by atoms with Gasteiger partial charge in [-0.25, -0.2) is 4.68 Å². The Kier molecular flexibility index (Phi) is 4.84. The fourth-order valence-corrected chi connectivity index (χ4v) is 1.87. The molecule has 0 fully saturated rings.